The third-order valence-electron chi connectivity index (χ3n) is 3.42. The van der Waals surface area contributed by atoms with Gasteiger partial charge in [0.1, 0.15) is 0 Å². The van der Waals surface area contributed by atoms with Gasteiger partial charge in [-0.05, 0) is 50.1 Å². The summed E-state index contributed by atoms with van der Waals surface area (Å²) in [6, 6.07) is 11.0. The van der Waals surface area contributed by atoms with Gasteiger partial charge in [-0.1, -0.05) is 47.0 Å². The Morgan fingerprint density at radius 2 is 1.76 bits per heavy atom. The fourth-order valence-corrected chi connectivity index (χ4v) is 2.60. The van der Waals surface area contributed by atoms with E-state index in [0.29, 0.717) is 15.6 Å². The molecule has 1 N–H and O–H groups in total. The standard InChI is InChI=1S/C17H17Cl2NO/c1-10-4-6-14(11(2)8-10)12(3)20-17(21)13-5-7-15(18)16(19)9-13/h4-9,12H,1-3H3,(H,20,21)/t12-/m0/s1. The van der Waals surface area contributed by atoms with Crippen LogP contribution in [0, 0.1) is 13.8 Å². The number of benzene rings is 2. The van der Waals surface area contributed by atoms with Crippen molar-refractivity contribution in [1.29, 1.82) is 0 Å². The molecule has 110 valence electrons. The molecule has 2 nitrogen and oxygen atoms in total. The fourth-order valence-electron chi connectivity index (χ4n) is 2.31. The summed E-state index contributed by atoms with van der Waals surface area (Å²) in [4.78, 5) is 12.3. The third-order valence-corrected chi connectivity index (χ3v) is 4.16. The second-order valence-corrected chi connectivity index (χ2v) is 6.00. The number of nitrogens with one attached hydrogen (secondary N) is 1. The molecule has 0 spiro atoms. The number of amides is 1. The summed E-state index contributed by atoms with van der Waals surface area (Å²) in [6.45, 7) is 6.06. The minimum absolute atomic E-state index is 0.0763. The van der Waals surface area contributed by atoms with Gasteiger partial charge in [0.05, 0.1) is 16.1 Å². The molecule has 0 saturated carbocycles. The Morgan fingerprint density at radius 1 is 1.05 bits per heavy atom. The molecule has 2 aromatic carbocycles. The Labute approximate surface area is 135 Å². The summed E-state index contributed by atoms with van der Waals surface area (Å²) in [5.74, 6) is -0.166. The Bertz CT molecular complexity index is 682. The summed E-state index contributed by atoms with van der Waals surface area (Å²) in [7, 11) is 0. The van der Waals surface area contributed by atoms with Crippen LogP contribution in [0.5, 0.6) is 0 Å². The maximum Gasteiger partial charge on any atom is 0.251 e. The largest absolute Gasteiger partial charge is 0.346 e. The van der Waals surface area contributed by atoms with Gasteiger partial charge in [-0.25, -0.2) is 0 Å². The highest BCUT2D eigenvalue weighted by Crippen LogP contribution is 2.23. The summed E-state index contributed by atoms with van der Waals surface area (Å²) >= 11 is 11.8. The average Bonchev–Trinajstić information content (AvgIpc) is 2.41. The molecule has 0 aliphatic rings. The zero-order chi connectivity index (χ0) is 15.6. The number of rotatable bonds is 3. The first-order valence-corrected chi connectivity index (χ1v) is 7.47. The van der Waals surface area contributed by atoms with Crippen LogP contribution in [0.25, 0.3) is 0 Å². The van der Waals surface area contributed by atoms with Crippen LogP contribution < -0.4 is 5.32 Å². The minimum Gasteiger partial charge on any atom is -0.346 e. The number of hydrogen-bond donors (Lipinski definition) is 1. The predicted molar refractivity (Wildman–Crippen MR) is 88.3 cm³/mol. The lowest BCUT2D eigenvalue weighted by atomic mass is 10.00. The van der Waals surface area contributed by atoms with E-state index in [1.165, 1.54) is 5.56 Å². The Balaban J connectivity index is 2.16. The van der Waals surface area contributed by atoms with E-state index in [2.05, 4.69) is 18.3 Å². The molecule has 0 fully saturated rings. The lowest BCUT2D eigenvalue weighted by molar-refractivity contribution is 0.0940. The molecule has 2 rings (SSSR count). The van der Waals surface area contributed by atoms with Gasteiger partial charge in [0.15, 0.2) is 0 Å². The molecule has 0 bridgehead atoms. The highest BCUT2D eigenvalue weighted by Gasteiger charge is 2.14. The number of hydrogen-bond acceptors (Lipinski definition) is 1. The first-order chi connectivity index (χ1) is 9.88. The summed E-state index contributed by atoms with van der Waals surface area (Å²) in [6.07, 6.45) is 0. The van der Waals surface area contributed by atoms with Crippen molar-refractivity contribution in [2.75, 3.05) is 0 Å². The van der Waals surface area contributed by atoms with Crippen molar-refractivity contribution in [2.24, 2.45) is 0 Å². The van der Waals surface area contributed by atoms with Gasteiger partial charge in [-0.2, -0.15) is 0 Å². The van der Waals surface area contributed by atoms with Crippen molar-refractivity contribution in [2.45, 2.75) is 26.8 Å². The van der Waals surface area contributed by atoms with E-state index in [4.69, 9.17) is 23.2 Å². The average molecular weight is 322 g/mol. The van der Waals surface area contributed by atoms with Crippen LogP contribution in [0.2, 0.25) is 10.0 Å². The third kappa shape index (κ3) is 3.78. The van der Waals surface area contributed by atoms with Crippen molar-refractivity contribution >= 4 is 29.1 Å². The molecule has 1 amide bonds. The molecule has 0 saturated heterocycles. The summed E-state index contributed by atoms with van der Waals surface area (Å²) in [5.41, 5.74) is 3.98. The monoisotopic (exact) mass is 321 g/mol. The summed E-state index contributed by atoms with van der Waals surface area (Å²) in [5, 5.41) is 3.80. The predicted octanol–water partition coefficient (Wildman–Crippen LogP) is 5.10. The van der Waals surface area contributed by atoms with E-state index in [9.17, 15) is 4.79 Å². The van der Waals surface area contributed by atoms with Crippen LogP contribution >= 0.6 is 23.2 Å². The number of carbonyl (C=O) groups excluding carboxylic acids is 1. The smallest absolute Gasteiger partial charge is 0.251 e. The molecule has 0 aromatic heterocycles. The second-order valence-electron chi connectivity index (χ2n) is 5.18. The van der Waals surface area contributed by atoms with Gasteiger partial charge in [-0.15, -0.1) is 0 Å². The van der Waals surface area contributed by atoms with Gasteiger partial charge < -0.3 is 5.32 Å². The number of aryl methyl sites for hydroxylation is 2. The van der Waals surface area contributed by atoms with Crippen LogP contribution in [0.1, 0.15) is 40.0 Å². The van der Waals surface area contributed by atoms with Crippen molar-refractivity contribution in [3.05, 3.63) is 68.7 Å². The van der Waals surface area contributed by atoms with E-state index in [1.807, 2.05) is 26.0 Å². The molecular weight excluding hydrogens is 305 g/mol. The highest BCUT2D eigenvalue weighted by atomic mass is 35.5. The first kappa shape index (κ1) is 15.9. The van der Waals surface area contributed by atoms with Crippen LogP contribution in [-0.4, -0.2) is 5.91 Å². The van der Waals surface area contributed by atoms with Gasteiger partial charge >= 0.3 is 0 Å². The molecule has 0 aliphatic heterocycles. The van der Waals surface area contributed by atoms with Crippen molar-refractivity contribution in [1.82, 2.24) is 5.32 Å². The van der Waals surface area contributed by atoms with Gasteiger partial charge in [0.25, 0.3) is 5.91 Å². The van der Waals surface area contributed by atoms with Crippen LogP contribution in [0.3, 0.4) is 0 Å². The van der Waals surface area contributed by atoms with E-state index >= 15 is 0 Å². The number of halogens is 2. The lowest BCUT2D eigenvalue weighted by Gasteiger charge is -2.17. The Kier molecular flexibility index (Phi) is 4.92. The van der Waals surface area contributed by atoms with Gasteiger partial charge in [-0.3, -0.25) is 4.79 Å². The maximum absolute atomic E-state index is 12.3. The van der Waals surface area contributed by atoms with E-state index < -0.39 is 0 Å². The fraction of sp³-hybridized carbons (Fsp3) is 0.235. The van der Waals surface area contributed by atoms with Crippen LogP contribution in [0.4, 0.5) is 0 Å². The van der Waals surface area contributed by atoms with Crippen molar-refractivity contribution in [3.63, 3.8) is 0 Å². The zero-order valence-corrected chi connectivity index (χ0v) is 13.7. The van der Waals surface area contributed by atoms with Crippen LogP contribution in [-0.2, 0) is 0 Å². The number of carbonyl (C=O) groups is 1. The molecule has 1 atom stereocenters. The van der Waals surface area contributed by atoms with E-state index in [0.717, 1.165) is 11.1 Å². The van der Waals surface area contributed by atoms with Crippen molar-refractivity contribution < 1.29 is 4.79 Å². The zero-order valence-electron chi connectivity index (χ0n) is 12.2. The first-order valence-electron chi connectivity index (χ1n) is 6.71. The molecular formula is C17H17Cl2NO. The maximum atomic E-state index is 12.3. The topological polar surface area (TPSA) is 29.1 Å². The van der Waals surface area contributed by atoms with Crippen molar-refractivity contribution in [3.8, 4) is 0 Å². The molecule has 21 heavy (non-hydrogen) atoms. The highest BCUT2D eigenvalue weighted by molar-refractivity contribution is 6.42. The van der Waals surface area contributed by atoms with E-state index in [1.54, 1.807) is 18.2 Å². The van der Waals surface area contributed by atoms with Crippen LogP contribution in [0.15, 0.2) is 36.4 Å². The minimum atomic E-state index is -0.166. The quantitative estimate of drug-likeness (QED) is 0.837. The molecule has 0 radical (unpaired) electrons. The van der Waals surface area contributed by atoms with E-state index in [-0.39, 0.29) is 11.9 Å². The SMILES string of the molecule is Cc1ccc([C@H](C)NC(=O)c2ccc(Cl)c(Cl)c2)c(C)c1. The molecule has 0 heterocycles. The second kappa shape index (κ2) is 6.50. The lowest BCUT2D eigenvalue weighted by Crippen LogP contribution is -2.27. The normalized spacial score (nSPS) is 12.0. The molecule has 0 aliphatic carbocycles. The molecule has 4 heteroatoms. The molecule has 0 unspecified atom stereocenters. The Morgan fingerprint density at radius 3 is 2.38 bits per heavy atom. The molecule has 2 aromatic rings. The Hall–Kier alpha value is -1.51. The van der Waals surface area contributed by atoms with Gasteiger partial charge in [0, 0.05) is 5.56 Å². The van der Waals surface area contributed by atoms with Gasteiger partial charge in [0.2, 0.25) is 0 Å². The summed E-state index contributed by atoms with van der Waals surface area (Å²) < 4.78 is 0.